The van der Waals surface area contributed by atoms with E-state index in [4.69, 9.17) is 0 Å². The van der Waals surface area contributed by atoms with Crippen LogP contribution in [0.1, 0.15) is 16.8 Å². The molecule has 0 fully saturated rings. The zero-order chi connectivity index (χ0) is 23.8. The summed E-state index contributed by atoms with van der Waals surface area (Å²) in [5.74, 6) is -0.366. The molecule has 33 heavy (non-hydrogen) atoms. The van der Waals surface area contributed by atoms with Gasteiger partial charge in [0.1, 0.15) is 17.1 Å². The van der Waals surface area contributed by atoms with Gasteiger partial charge < -0.3 is 9.88 Å². The highest BCUT2D eigenvalue weighted by molar-refractivity contribution is 7.91. The van der Waals surface area contributed by atoms with Crippen molar-refractivity contribution in [2.45, 2.75) is 37.1 Å². The van der Waals surface area contributed by atoms with Crippen LogP contribution in [-0.4, -0.2) is 23.9 Å². The number of benzene rings is 2. The van der Waals surface area contributed by atoms with E-state index in [1.165, 1.54) is 22.9 Å². The van der Waals surface area contributed by atoms with Crippen LogP contribution in [0.2, 0.25) is 0 Å². The summed E-state index contributed by atoms with van der Waals surface area (Å²) in [5.41, 5.74) is 3.03. The molecule has 8 heteroatoms. The first-order valence-corrected chi connectivity index (χ1v) is 11.8. The number of anilines is 1. The summed E-state index contributed by atoms with van der Waals surface area (Å²) in [5, 5.41) is 2.96. The van der Waals surface area contributed by atoms with Crippen molar-refractivity contribution < 1.29 is 13.2 Å². The molecular formula is C25H23N3O4S. The van der Waals surface area contributed by atoms with Gasteiger partial charge >= 0.3 is 0 Å². The Morgan fingerprint density at radius 2 is 1.70 bits per heavy atom. The molecule has 0 aliphatic rings. The molecule has 4 rings (SSSR count). The second-order valence-electron chi connectivity index (χ2n) is 7.94. The predicted octanol–water partition coefficient (Wildman–Crippen LogP) is 3.79. The summed E-state index contributed by atoms with van der Waals surface area (Å²) in [7, 11) is -4.09. The molecular weight excluding hydrogens is 438 g/mol. The molecule has 2 aromatic heterocycles. The number of aromatic nitrogens is 2. The van der Waals surface area contributed by atoms with E-state index in [0.29, 0.717) is 11.4 Å². The highest BCUT2D eigenvalue weighted by Gasteiger charge is 2.24. The van der Waals surface area contributed by atoms with Crippen molar-refractivity contribution in [1.29, 1.82) is 0 Å². The monoisotopic (exact) mass is 461 g/mol. The number of aryl methyl sites for hydroxylation is 3. The molecule has 2 aromatic carbocycles. The van der Waals surface area contributed by atoms with Gasteiger partial charge in [0.05, 0.1) is 10.3 Å². The molecule has 1 N–H and O–H groups in total. The molecule has 0 saturated heterocycles. The Hall–Kier alpha value is -3.78. The third-order valence-corrected chi connectivity index (χ3v) is 7.24. The minimum atomic E-state index is -4.09. The van der Waals surface area contributed by atoms with Crippen LogP contribution in [0.5, 0.6) is 0 Å². The highest BCUT2D eigenvalue weighted by Crippen LogP contribution is 2.21. The number of fused-ring (bicyclic) bond motifs is 1. The van der Waals surface area contributed by atoms with Gasteiger partial charge in [-0.05, 0) is 68.3 Å². The smallest absolute Gasteiger partial charge is 0.244 e. The Morgan fingerprint density at radius 3 is 2.39 bits per heavy atom. The fraction of sp³-hybridized carbons (Fsp3) is 0.160. The van der Waals surface area contributed by atoms with Crippen molar-refractivity contribution in [3.8, 4) is 0 Å². The number of sulfone groups is 1. The standard InChI is InChI=1S/C25H23N3O4S/c1-16-9-11-19(13-17(16)2)27-23(29)15-28-14-22(33(31,32)20-7-5-4-6-8-20)24(30)21-12-10-18(3)26-25(21)28/h4-14H,15H2,1-3H3,(H,27,29). The van der Waals surface area contributed by atoms with Gasteiger partial charge in [-0.1, -0.05) is 24.3 Å². The summed E-state index contributed by atoms with van der Waals surface area (Å²) < 4.78 is 27.9. The fourth-order valence-corrected chi connectivity index (χ4v) is 4.94. The minimum Gasteiger partial charge on any atom is -0.325 e. The topological polar surface area (TPSA) is 98.1 Å². The van der Waals surface area contributed by atoms with Crippen molar-refractivity contribution in [2.24, 2.45) is 0 Å². The van der Waals surface area contributed by atoms with E-state index >= 15 is 0 Å². The average Bonchev–Trinajstić information content (AvgIpc) is 2.78. The van der Waals surface area contributed by atoms with E-state index < -0.39 is 20.2 Å². The lowest BCUT2D eigenvalue weighted by Crippen LogP contribution is -2.24. The fourth-order valence-electron chi connectivity index (χ4n) is 3.55. The number of nitrogens with one attached hydrogen (secondary N) is 1. The highest BCUT2D eigenvalue weighted by atomic mass is 32.2. The molecule has 0 saturated carbocycles. The van der Waals surface area contributed by atoms with E-state index in [1.807, 2.05) is 26.0 Å². The van der Waals surface area contributed by atoms with Crippen molar-refractivity contribution in [3.63, 3.8) is 0 Å². The minimum absolute atomic E-state index is 0.00709. The molecule has 0 unspecified atom stereocenters. The molecule has 1 amide bonds. The van der Waals surface area contributed by atoms with Crippen molar-refractivity contribution >= 4 is 32.5 Å². The molecule has 7 nitrogen and oxygen atoms in total. The number of hydrogen-bond donors (Lipinski definition) is 1. The Bertz CT molecular complexity index is 1540. The third kappa shape index (κ3) is 4.42. The van der Waals surface area contributed by atoms with Crippen LogP contribution in [0.25, 0.3) is 11.0 Å². The van der Waals surface area contributed by atoms with Gasteiger partial charge in [-0.15, -0.1) is 0 Å². The van der Waals surface area contributed by atoms with E-state index in [9.17, 15) is 18.0 Å². The number of hydrogen-bond acceptors (Lipinski definition) is 5. The molecule has 0 bridgehead atoms. The SMILES string of the molecule is Cc1ccc2c(=O)c(S(=O)(=O)c3ccccc3)cn(CC(=O)Nc3ccc(C)c(C)c3)c2n1. The summed E-state index contributed by atoms with van der Waals surface area (Å²) in [6.45, 7) is 5.49. The van der Waals surface area contributed by atoms with Gasteiger partial charge in [0.2, 0.25) is 21.2 Å². The normalized spacial score (nSPS) is 11.5. The van der Waals surface area contributed by atoms with Crippen molar-refractivity contribution in [1.82, 2.24) is 9.55 Å². The van der Waals surface area contributed by atoms with Crippen LogP contribution in [0.4, 0.5) is 5.69 Å². The summed E-state index contributed by atoms with van der Waals surface area (Å²) in [6, 6.07) is 16.5. The van der Waals surface area contributed by atoms with Gasteiger partial charge in [-0.25, -0.2) is 13.4 Å². The average molecular weight is 462 g/mol. The summed E-state index contributed by atoms with van der Waals surface area (Å²) in [6.07, 6.45) is 1.21. The lowest BCUT2D eigenvalue weighted by molar-refractivity contribution is -0.116. The lowest BCUT2D eigenvalue weighted by atomic mass is 10.1. The van der Waals surface area contributed by atoms with Gasteiger partial charge in [0.25, 0.3) is 0 Å². The van der Waals surface area contributed by atoms with Gasteiger partial charge in [-0.3, -0.25) is 9.59 Å². The van der Waals surface area contributed by atoms with Crippen LogP contribution in [0.3, 0.4) is 0 Å². The second kappa shape index (κ2) is 8.63. The maximum Gasteiger partial charge on any atom is 0.244 e. The molecule has 2 heterocycles. The Balaban J connectivity index is 1.81. The molecule has 168 valence electrons. The number of carbonyl (C=O) groups excluding carboxylic acids is 1. The van der Waals surface area contributed by atoms with Crippen LogP contribution in [0, 0.1) is 20.8 Å². The van der Waals surface area contributed by atoms with Gasteiger partial charge in [0, 0.05) is 17.6 Å². The van der Waals surface area contributed by atoms with Gasteiger partial charge in [-0.2, -0.15) is 0 Å². The van der Waals surface area contributed by atoms with Crippen LogP contribution in [-0.2, 0) is 21.2 Å². The summed E-state index contributed by atoms with van der Waals surface area (Å²) >= 11 is 0. The quantitative estimate of drug-likeness (QED) is 0.488. The molecule has 0 aliphatic heterocycles. The van der Waals surface area contributed by atoms with Crippen molar-refractivity contribution in [3.05, 3.63) is 93.9 Å². The number of carbonyl (C=O) groups is 1. The maximum atomic E-state index is 13.2. The first-order chi connectivity index (χ1) is 15.7. The van der Waals surface area contributed by atoms with Crippen LogP contribution >= 0.6 is 0 Å². The Labute approximate surface area is 191 Å². The molecule has 0 aliphatic carbocycles. The first kappa shape index (κ1) is 22.4. The van der Waals surface area contributed by atoms with E-state index in [0.717, 1.165) is 11.1 Å². The third-order valence-electron chi connectivity index (χ3n) is 5.48. The molecule has 0 atom stereocenters. The largest absolute Gasteiger partial charge is 0.325 e. The van der Waals surface area contributed by atoms with E-state index in [1.54, 1.807) is 43.3 Å². The second-order valence-corrected chi connectivity index (χ2v) is 9.86. The van der Waals surface area contributed by atoms with Crippen LogP contribution in [0.15, 0.2) is 81.4 Å². The number of pyridine rings is 2. The van der Waals surface area contributed by atoms with Gasteiger partial charge in [0.15, 0.2) is 0 Å². The predicted molar refractivity (Wildman–Crippen MR) is 127 cm³/mol. The Morgan fingerprint density at radius 1 is 0.970 bits per heavy atom. The zero-order valence-corrected chi connectivity index (χ0v) is 19.3. The Kier molecular flexibility index (Phi) is 5.86. The number of rotatable bonds is 5. The van der Waals surface area contributed by atoms with Crippen LogP contribution < -0.4 is 10.7 Å². The van der Waals surface area contributed by atoms with Crippen molar-refractivity contribution in [2.75, 3.05) is 5.32 Å². The maximum absolute atomic E-state index is 13.2. The lowest BCUT2D eigenvalue weighted by Gasteiger charge is -2.14. The molecule has 0 radical (unpaired) electrons. The van der Waals surface area contributed by atoms with E-state index in [2.05, 4.69) is 10.3 Å². The van der Waals surface area contributed by atoms with E-state index in [-0.39, 0.29) is 28.4 Å². The first-order valence-electron chi connectivity index (χ1n) is 10.3. The number of amides is 1. The molecule has 0 spiro atoms. The summed E-state index contributed by atoms with van der Waals surface area (Å²) in [4.78, 5) is 30.0. The zero-order valence-electron chi connectivity index (χ0n) is 18.5. The number of nitrogens with zero attached hydrogens (tertiary/aromatic N) is 2. The molecule has 4 aromatic rings.